The molecule has 3 N–H and O–H groups in total. The Kier molecular flexibility index (Phi) is 3.48. The van der Waals surface area contributed by atoms with E-state index in [1.807, 2.05) is 19.1 Å². The summed E-state index contributed by atoms with van der Waals surface area (Å²) in [5.41, 5.74) is 7.91. The first-order valence-electron chi connectivity index (χ1n) is 5.54. The maximum atomic E-state index is 11.6. The highest BCUT2D eigenvalue weighted by molar-refractivity contribution is 5.86. The largest absolute Gasteiger partial charge is 0.417 e. The van der Waals surface area contributed by atoms with Crippen LogP contribution in [-0.2, 0) is 0 Å². The fourth-order valence-corrected chi connectivity index (χ4v) is 1.47. The van der Waals surface area contributed by atoms with Gasteiger partial charge in [0.15, 0.2) is 0 Å². The fourth-order valence-electron chi connectivity index (χ4n) is 1.47. The lowest BCUT2D eigenvalue weighted by Gasteiger charge is -2.07. The van der Waals surface area contributed by atoms with Gasteiger partial charge in [-0.2, -0.15) is 0 Å². The van der Waals surface area contributed by atoms with Gasteiger partial charge in [-0.15, -0.1) is 0 Å². The van der Waals surface area contributed by atoms with Crippen LogP contribution in [0, 0.1) is 6.92 Å². The highest BCUT2D eigenvalue weighted by Gasteiger charge is 2.04. The van der Waals surface area contributed by atoms with Crippen molar-refractivity contribution in [2.45, 2.75) is 6.92 Å². The summed E-state index contributed by atoms with van der Waals surface area (Å²) in [6.07, 6.45) is -0.538. The highest BCUT2D eigenvalue weighted by Crippen LogP contribution is 2.14. The van der Waals surface area contributed by atoms with E-state index in [0.717, 1.165) is 5.56 Å². The molecule has 0 aromatic heterocycles. The van der Waals surface area contributed by atoms with E-state index >= 15 is 0 Å². The van der Waals surface area contributed by atoms with Crippen molar-refractivity contribution in [3.63, 3.8) is 0 Å². The molecule has 4 nitrogen and oxygen atoms in total. The second-order valence-electron chi connectivity index (χ2n) is 3.95. The summed E-state index contributed by atoms with van der Waals surface area (Å²) in [4.78, 5) is 11.6. The van der Waals surface area contributed by atoms with Crippen molar-refractivity contribution in [1.82, 2.24) is 0 Å². The molecule has 0 fully saturated rings. The van der Waals surface area contributed by atoms with Gasteiger partial charge in [-0.3, -0.25) is 5.32 Å². The standard InChI is InChI=1S/C14H14N2O2/c1-10-5-7-13(8-6-10)18-14(17)16-12-4-2-3-11(15)9-12/h2-9H,15H2,1H3,(H,16,17). The molecule has 0 unspecified atom stereocenters. The predicted octanol–water partition coefficient (Wildman–Crippen LogP) is 3.19. The molecule has 18 heavy (non-hydrogen) atoms. The Morgan fingerprint density at radius 2 is 1.89 bits per heavy atom. The summed E-state index contributed by atoms with van der Waals surface area (Å²) in [5, 5.41) is 2.60. The number of ether oxygens (including phenoxy) is 1. The van der Waals surface area contributed by atoms with E-state index < -0.39 is 6.09 Å². The summed E-state index contributed by atoms with van der Waals surface area (Å²) in [7, 11) is 0. The van der Waals surface area contributed by atoms with E-state index in [1.54, 1.807) is 36.4 Å². The molecule has 0 saturated carbocycles. The predicted molar refractivity (Wildman–Crippen MR) is 71.7 cm³/mol. The number of nitrogen functional groups attached to an aromatic ring is 1. The van der Waals surface area contributed by atoms with Crippen LogP contribution in [0.25, 0.3) is 0 Å². The Balaban J connectivity index is 1.98. The third kappa shape index (κ3) is 3.25. The van der Waals surface area contributed by atoms with Crippen molar-refractivity contribution in [3.05, 3.63) is 54.1 Å². The number of amides is 1. The van der Waals surface area contributed by atoms with E-state index in [2.05, 4.69) is 5.32 Å². The van der Waals surface area contributed by atoms with Gasteiger partial charge in [-0.25, -0.2) is 4.79 Å². The third-order valence-electron chi connectivity index (χ3n) is 2.36. The minimum Gasteiger partial charge on any atom is -0.410 e. The molecule has 0 aliphatic carbocycles. The van der Waals surface area contributed by atoms with Crippen molar-refractivity contribution in [2.24, 2.45) is 0 Å². The van der Waals surface area contributed by atoms with E-state index in [1.165, 1.54) is 0 Å². The first-order valence-corrected chi connectivity index (χ1v) is 5.54. The van der Waals surface area contributed by atoms with Crippen LogP contribution in [0.2, 0.25) is 0 Å². The quantitative estimate of drug-likeness (QED) is 0.795. The summed E-state index contributed by atoms with van der Waals surface area (Å²) < 4.78 is 5.12. The van der Waals surface area contributed by atoms with Gasteiger partial charge in [-0.1, -0.05) is 23.8 Å². The van der Waals surface area contributed by atoms with Crippen LogP contribution in [0.4, 0.5) is 16.2 Å². The molecule has 2 aromatic rings. The third-order valence-corrected chi connectivity index (χ3v) is 2.36. The zero-order chi connectivity index (χ0) is 13.0. The van der Waals surface area contributed by atoms with Crippen LogP contribution < -0.4 is 15.8 Å². The van der Waals surface area contributed by atoms with Gasteiger partial charge < -0.3 is 10.5 Å². The highest BCUT2D eigenvalue weighted by atomic mass is 16.6. The van der Waals surface area contributed by atoms with Crippen LogP contribution >= 0.6 is 0 Å². The SMILES string of the molecule is Cc1ccc(OC(=O)Nc2cccc(N)c2)cc1. The Labute approximate surface area is 105 Å². The molecule has 0 aliphatic rings. The lowest BCUT2D eigenvalue weighted by atomic mass is 10.2. The molecule has 0 heterocycles. The first-order chi connectivity index (χ1) is 8.63. The molecule has 0 atom stereocenters. The maximum Gasteiger partial charge on any atom is 0.417 e. The molecule has 1 amide bonds. The average Bonchev–Trinajstić information content (AvgIpc) is 2.32. The number of rotatable bonds is 2. The number of hydrogen-bond donors (Lipinski definition) is 2. The van der Waals surface area contributed by atoms with Crippen LogP contribution in [0.5, 0.6) is 5.75 Å². The number of carbonyl (C=O) groups is 1. The number of nitrogens with two attached hydrogens (primary N) is 1. The van der Waals surface area contributed by atoms with Crippen LogP contribution in [0.1, 0.15) is 5.56 Å². The number of nitrogens with one attached hydrogen (secondary N) is 1. The second-order valence-corrected chi connectivity index (χ2v) is 3.95. The topological polar surface area (TPSA) is 64.3 Å². The zero-order valence-electron chi connectivity index (χ0n) is 10.0. The molecule has 2 aromatic carbocycles. The second kappa shape index (κ2) is 5.23. The van der Waals surface area contributed by atoms with Gasteiger partial charge in [0.1, 0.15) is 5.75 Å². The molecule has 0 saturated heterocycles. The molecule has 0 bridgehead atoms. The van der Waals surface area contributed by atoms with Gasteiger partial charge in [-0.05, 0) is 37.3 Å². The van der Waals surface area contributed by atoms with Gasteiger partial charge in [0.25, 0.3) is 0 Å². The number of anilines is 2. The minimum absolute atomic E-state index is 0.502. The Hall–Kier alpha value is -2.49. The molecule has 92 valence electrons. The van der Waals surface area contributed by atoms with Crippen molar-refractivity contribution in [3.8, 4) is 5.75 Å². The molecule has 2 rings (SSSR count). The van der Waals surface area contributed by atoms with E-state index in [-0.39, 0.29) is 0 Å². The molecular formula is C14H14N2O2. The van der Waals surface area contributed by atoms with E-state index in [9.17, 15) is 4.79 Å². The number of carbonyl (C=O) groups excluding carboxylic acids is 1. The van der Waals surface area contributed by atoms with Crippen LogP contribution in [-0.4, -0.2) is 6.09 Å². The van der Waals surface area contributed by atoms with Crippen molar-refractivity contribution < 1.29 is 9.53 Å². The molecule has 4 heteroatoms. The number of aryl methyl sites for hydroxylation is 1. The summed E-state index contributed by atoms with van der Waals surface area (Å²) in [6.45, 7) is 1.97. The van der Waals surface area contributed by atoms with Gasteiger partial charge in [0.05, 0.1) is 0 Å². The molecule has 0 radical (unpaired) electrons. The average molecular weight is 242 g/mol. The van der Waals surface area contributed by atoms with Gasteiger partial charge in [0.2, 0.25) is 0 Å². The van der Waals surface area contributed by atoms with Crippen molar-refractivity contribution in [1.29, 1.82) is 0 Å². The summed E-state index contributed by atoms with van der Waals surface area (Å²) in [5.74, 6) is 0.502. The Morgan fingerprint density at radius 1 is 1.17 bits per heavy atom. The van der Waals surface area contributed by atoms with E-state index in [0.29, 0.717) is 17.1 Å². The molecule has 0 aliphatic heterocycles. The van der Waals surface area contributed by atoms with E-state index in [4.69, 9.17) is 10.5 Å². The molecule has 0 spiro atoms. The Bertz CT molecular complexity index is 550. The zero-order valence-corrected chi connectivity index (χ0v) is 10.0. The van der Waals surface area contributed by atoms with Crippen LogP contribution in [0.3, 0.4) is 0 Å². The van der Waals surface area contributed by atoms with Gasteiger partial charge >= 0.3 is 6.09 Å². The number of benzene rings is 2. The number of hydrogen-bond acceptors (Lipinski definition) is 3. The minimum atomic E-state index is -0.538. The lowest BCUT2D eigenvalue weighted by Crippen LogP contribution is -2.16. The van der Waals surface area contributed by atoms with Crippen LogP contribution in [0.15, 0.2) is 48.5 Å². The lowest BCUT2D eigenvalue weighted by molar-refractivity contribution is 0.215. The van der Waals surface area contributed by atoms with Crippen molar-refractivity contribution >= 4 is 17.5 Å². The first kappa shape index (κ1) is 12.0. The smallest absolute Gasteiger partial charge is 0.410 e. The summed E-state index contributed by atoms with van der Waals surface area (Å²) >= 11 is 0. The normalized spacial score (nSPS) is 9.83. The van der Waals surface area contributed by atoms with Crippen molar-refractivity contribution in [2.75, 3.05) is 11.1 Å². The fraction of sp³-hybridized carbons (Fsp3) is 0.0714. The monoisotopic (exact) mass is 242 g/mol. The molecular weight excluding hydrogens is 228 g/mol. The summed E-state index contributed by atoms with van der Waals surface area (Å²) in [6, 6.07) is 14.2. The van der Waals surface area contributed by atoms with Gasteiger partial charge in [0, 0.05) is 11.4 Å². The maximum absolute atomic E-state index is 11.6. The Morgan fingerprint density at radius 3 is 2.56 bits per heavy atom.